The van der Waals surface area contributed by atoms with E-state index >= 15 is 0 Å². The zero-order chi connectivity index (χ0) is 45.7. The average Bonchev–Trinajstić information content (AvgIpc) is 4.12. The molecule has 328 valence electrons. The van der Waals surface area contributed by atoms with Gasteiger partial charge in [-0.1, -0.05) is 78.9 Å². The van der Waals surface area contributed by atoms with Gasteiger partial charge >= 0.3 is 0 Å². The minimum absolute atomic E-state index is 0.748. The zero-order valence-corrected chi connectivity index (χ0v) is 37.8. The molecule has 1 aliphatic rings. The van der Waals surface area contributed by atoms with Crippen LogP contribution in [0.4, 0.5) is 17.1 Å². The van der Waals surface area contributed by atoms with E-state index in [0.29, 0.717) is 0 Å². The normalized spacial score (nSPS) is 12.7. The molecule has 0 saturated carbocycles. The van der Waals surface area contributed by atoms with Gasteiger partial charge < -0.3 is 23.7 Å². The van der Waals surface area contributed by atoms with Crippen LogP contribution in [-0.4, -0.2) is 42.4 Å². The molecule has 0 aliphatic carbocycles. The van der Waals surface area contributed by atoms with Crippen molar-refractivity contribution in [1.82, 2.24) is 28.7 Å². The fourth-order valence-electron chi connectivity index (χ4n) is 11.0. The summed E-state index contributed by atoms with van der Waals surface area (Å²) in [6, 6.07) is 62.2. The highest BCUT2D eigenvalue weighted by atomic mass is 16.5. The van der Waals surface area contributed by atoms with E-state index in [1.165, 1.54) is 11.4 Å². The summed E-state index contributed by atoms with van der Waals surface area (Å²) in [4.78, 5) is 19.2. The minimum Gasteiger partial charge on any atom is -0.457 e. The number of rotatable bonds is 7. The summed E-state index contributed by atoms with van der Waals surface area (Å²) >= 11 is 0. The van der Waals surface area contributed by atoms with E-state index in [-0.39, 0.29) is 0 Å². The second-order valence-electron chi connectivity index (χ2n) is 17.9. The van der Waals surface area contributed by atoms with Crippen molar-refractivity contribution in [3.05, 3.63) is 212 Å². The number of nitrogens with zero attached hydrogens (tertiary/aromatic N) is 8. The van der Waals surface area contributed by atoms with Crippen molar-refractivity contribution in [2.75, 3.05) is 23.5 Å². The first-order valence-corrected chi connectivity index (χ1v) is 23.2. The van der Waals surface area contributed by atoms with Crippen LogP contribution in [0.1, 0.15) is 5.56 Å². The third kappa shape index (κ3) is 5.93. The number of anilines is 3. The number of hydrogen-bond acceptors (Lipinski definition) is 6. The molecule has 7 heterocycles. The van der Waals surface area contributed by atoms with Crippen molar-refractivity contribution in [1.29, 1.82) is 0 Å². The summed E-state index contributed by atoms with van der Waals surface area (Å²) in [5.74, 6) is 2.34. The molecule has 0 radical (unpaired) electrons. The molecule has 13 aromatic rings. The number of aromatic nitrogens is 6. The summed E-state index contributed by atoms with van der Waals surface area (Å²) in [5, 5.41) is 6.78. The molecule has 9 nitrogen and oxygen atoms in total. The van der Waals surface area contributed by atoms with E-state index in [1.807, 2.05) is 30.9 Å². The van der Waals surface area contributed by atoms with E-state index in [2.05, 4.69) is 223 Å². The quantitative estimate of drug-likeness (QED) is 0.159. The lowest BCUT2D eigenvalue weighted by Gasteiger charge is -2.21. The topological polar surface area (TPSA) is 69.2 Å². The fourth-order valence-corrected chi connectivity index (χ4v) is 11.0. The Morgan fingerprint density at radius 2 is 0.971 bits per heavy atom. The predicted molar refractivity (Wildman–Crippen MR) is 281 cm³/mol. The largest absolute Gasteiger partial charge is 0.457 e. The Kier molecular flexibility index (Phi) is 8.57. The Bertz CT molecular complexity index is 3980. The Balaban J connectivity index is 0.943. The van der Waals surface area contributed by atoms with Crippen LogP contribution in [0.3, 0.4) is 0 Å². The molecule has 0 atom stereocenters. The molecule has 1 aliphatic heterocycles. The van der Waals surface area contributed by atoms with Crippen LogP contribution < -0.4 is 14.5 Å². The Labute approximate surface area is 397 Å². The molecule has 9 heteroatoms. The SMILES string of the molecule is Cc1cc(-n2c3ccccc3c3ccc(Oc4cccc(N5CN(C)c6ccccc65)c4)cc32)ncc1-c1c(-n2c3ccccc3c3cnccc32)cccc1-n1c2ccccc2c2cnccc21. The van der Waals surface area contributed by atoms with Crippen molar-refractivity contribution in [3.63, 3.8) is 0 Å². The van der Waals surface area contributed by atoms with Gasteiger partial charge in [0.25, 0.3) is 0 Å². The lowest BCUT2D eigenvalue weighted by atomic mass is 9.98. The van der Waals surface area contributed by atoms with E-state index in [4.69, 9.17) is 9.72 Å². The third-order valence-corrected chi connectivity index (χ3v) is 14.0. The monoisotopic (exact) mass is 890 g/mol. The maximum atomic E-state index is 6.72. The summed E-state index contributed by atoms with van der Waals surface area (Å²) in [6.07, 6.45) is 9.79. The van der Waals surface area contributed by atoms with Crippen molar-refractivity contribution < 1.29 is 4.74 Å². The molecule has 7 aromatic carbocycles. The van der Waals surface area contributed by atoms with Crippen molar-refractivity contribution in [2.24, 2.45) is 0 Å². The van der Waals surface area contributed by atoms with E-state index < -0.39 is 0 Å². The van der Waals surface area contributed by atoms with Gasteiger partial charge in [0.2, 0.25) is 0 Å². The minimum atomic E-state index is 0.748. The van der Waals surface area contributed by atoms with Crippen LogP contribution in [0.2, 0.25) is 0 Å². The molecule has 0 spiro atoms. The second kappa shape index (κ2) is 15.2. The Morgan fingerprint density at radius 3 is 1.64 bits per heavy atom. The van der Waals surface area contributed by atoms with Gasteiger partial charge in [-0.15, -0.1) is 0 Å². The van der Waals surface area contributed by atoms with Gasteiger partial charge in [0, 0.05) is 99.3 Å². The smallest absolute Gasteiger partial charge is 0.137 e. The highest BCUT2D eigenvalue weighted by Crippen LogP contribution is 2.45. The number of pyridine rings is 3. The van der Waals surface area contributed by atoms with E-state index in [9.17, 15) is 0 Å². The predicted octanol–water partition coefficient (Wildman–Crippen LogP) is 14.5. The molecule has 0 fully saturated rings. The van der Waals surface area contributed by atoms with Crippen LogP contribution in [-0.2, 0) is 0 Å². The van der Waals surface area contributed by atoms with E-state index in [0.717, 1.165) is 123 Å². The first-order valence-electron chi connectivity index (χ1n) is 23.2. The standard InChI is InChI=1S/C60H42N8O/c1-38-31-59(68-51-20-8-3-15-42(51)45-26-25-41(33-58(45)68)69-40-14-11-13-39(32-40)65-37-64(2)54-21-9-10-22-55(54)65)63-36-46(38)60-56(66-49-18-6-4-16-43(49)47-34-61-29-27-52(47)66)23-12-24-57(60)67-50-19-7-5-17-44(50)48-35-62-30-28-53(48)67/h3-36H,37H2,1-2H3. The fraction of sp³-hybridized carbons (Fsp3) is 0.0500. The summed E-state index contributed by atoms with van der Waals surface area (Å²) < 4.78 is 13.8. The molecule has 0 saturated heterocycles. The molecule has 14 rings (SSSR count). The number of aryl methyl sites for hydroxylation is 1. The van der Waals surface area contributed by atoms with Crippen molar-refractivity contribution >= 4 is 82.5 Å². The average molecular weight is 891 g/mol. The molecular weight excluding hydrogens is 849 g/mol. The molecule has 69 heavy (non-hydrogen) atoms. The first kappa shape index (κ1) is 39.0. The molecule has 0 unspecified atom stereocenters. The molecule has 0 amide bonds. The lowest BCUT2D eigenvalue weighted by Crippen LogP contribution is -2.23. The van der Waals surface area contributed by atoms with Crippen LogP contribution in [0.15, 0.2) is 207 Å². The highest BCUT2D eigenvalue weighted by Gasteiger charge is 2.26. The maximum absolute atomic E-state index is 6.72. The van der Waals surface area contributed by atoms with Crippen LogP contribution in [0, 0.1) is 6.92 Å². The van der Waals surface area contributed by atoms with Crippen molar-refractivity contribution in [2.45, 2.75) is 6.92 Å². The van der Waals surface area contributed by atoms with Gasteiger partial charge in [0.15, 0.2) is 0 Å². The van der Waals surface area contributed by atoms with Gasteiger partial charge in [-0.3, -0.25) is 14.5 Å². The van der Waals surface area contributed by atoms with Gasteiger partial charge in [-0.25, -0.2) is 4.98 Å². The van der Waals surface area contributed by atoms with Gasteiger partial charge in [-0.05, 0) is 97.4 Å². The van der Waals surface area contributed by atoms with Crippen LogP contribution >= 0.6 is 0 Å². The number of ether oxygens (including phenoxy) is 1. The Hall–Kier alpha value is -9.21. The van der Waals surface area contributed by atoms with Crippen molar-refractivity contribution in [3.8, 4) is 39.8 Å². The summed E-state index contributed by atoms with van der Waals surface area (Å²) in [5.41, 5.74) is 15.2. The summed E-state index contributed by atoms with van der Waals surface area (Å²) in [7, 11) is 2.13. The second-order valence-corrected chi connectivity index (χ2v) is 17.9. The maximum Gasteiger partial charge on any atom is 0.137 e. The van der Waals surface area contributed by atoms with Crippen LogP contribution in [0.25, 0.3) is 93.7 Å². The molecule has 0 bridgehead atoms. The lowest BCUT2D eigenvalue weighted by molar-refractivity contribution is 0.483. The zero-order valence-electron chi connectivity index (χ0n) is 37.8. The molecular formula is C60H42N8O. The van der Waals surface area contributed by atoms with Gasteiger partial charge in [0.05, 0.1) is 62.5 Å². The van der Waals surface area contributed by atoms with Gasteiger partial charge in [-0.2, -0.15) is 0 Å². The van der Waals surface area contributed by atoms with Gasteiger partial charge in [0.1, 0.15) is 17.3 Å². The number of hydrogen-bond donors (Lipinski definition) is 0. The molecule has 6 aromatic heterocycles. The molecule has 0 N–H and O–H groups in total. The Morgan fingerprint density at radius 1 is 0.435 bits per heavy atom. The highest BCUT2D eigenvalue weighted by molar-refractivity contribution is 6.12. The summed E-state index contributed by atoms with van der Waals surface area (Å²) in [6.45, 7) is 2.97. The first-order chi connectivity index (χ1) is 34.1. The third-order valence-electron chi connectivity index (χ3n) is 14.0. The number of para-hydroxylation sites is 5. The number of fused-ring (bicyclic) bond motifs is 10. The number of benzene rings is 7. The van der Waals surface area contributed by atoms with Crippen LogP contribution in [0.5, 0.6) is 11.5 Å². The van der Waals surface area contributed by atoms with E-state index in [1.54, 1.807) is 0 Å².